The van der Waals surface area contributed by atoms with Gasteiger partial charge in [0.05, 0.1) is 12.3 Å². The van der Waals surface area contributed by atoms with E-state index in [-0.39, 0.29) is 0 Å². The van der Waals surface area contributed by atoms with E-state index in [2.05, 4.69) is 34.3 Å². The van der Waals surface area contributed by atoms with E-state index in [9.17, 15) is 0 Å². The van der Waals surface area contributed by atoms with Gasteiger partial charge in [-0.3, -0.25) is 10.2 Å². The number of nitrogens with zero attached hydrogens (tertiary/aromatic N) is 1. The van der Waals surface area contributed by atoms with E-state index in [1.165, 1.54) is 57.3 Å². The van der Waals surface area contributed by atoms with E-state index in [0.717, 1.165) is 11.8 Å². The predicted octanol–water partition coefficient (Wildman–Crippen LogP) is 2.09. The second-order valence-corrected chi connectivity index (χ2v) is 7.08. The zero-order valence-electron chi connectivity index (χ0n) is 12.4. The van der Waals surface area contributed by atoms with Crippen molar-refractivity contribution in [3.8, 4) is 0 Å². The molecule has 0 aromatic carbocycles. The lowest BCUT2D eigenvalue weighted by atomic mass is 9.77. The van der Waals surface area contributed by atoms with Crippen LogP contribution < -0.4 is 10.6 Å². The molecule has 0 bridgehead atoms. The molecule has 110 valence electrons. The molecule has 1 aliphatic carbocycles. The molecular formula is C17H27N3. The first kappa shape index (κ1) is 13.1. The van der Waals surface area contributed by atoms with Crippen LogP contribution in [0.15, 0.2) is 24.3 Å². The molecule has 3 aliphatic heterocycles. The van der Waals surface area contributed by atoms with Crippen LogP contribution in [-0.4, -0.2) is 36.9 Å². The zero-order valence-corrected chi connectivity index (χ0v) is 12.4. The Morgan fingerprint density at radius 1 is 1.15 bits per heavy atom. The van der Waals surface area contributed by atoms with Crippen LogP contribution in [0, 0.1) is 17.8 Å². The van der Waals surface area contributed by atoms with E-state index < -0.39 is 0 Å². The monoisotopic (exact) mass is 273 g/mol. The minimum atomic E-state index is 0.394. The molecular weight excluding hydrogens is 246 g/mol. The Balaban J connectivity index is 1.56. The van der Waals surface area contributed by atoms with Gasteiger partial charge in [0.25, 0.3) is 0 Å². The van der Waals surface area contributed by atoms with Crippen molar-refractivity contribution < 1.29 is 0 Å². The average Bonchev–Trinajstić information content (AvgIpc) is 2.71. The maximum absolute atomic E-state index is 4.48. The summed E-state index contributed by atoms with van der Waals surface area (Å²) in [6.07, 6.45) is 12.4. The summed E-state index contributed by atoms with van der Waals surface area (Å²) < 4.78 is 0. The lowest BCUT2D eigenvalue weighted by Crippen LogP contribution is -2.69. The van der Waals surface area contributed by atoms with Crippen LogP contribution >= 0.6 is 0 Å². The summed E-state index contributed by atoms with van der Waals surface area (Å²) in [5.74, 6) is 2.18. The van der Waals surface area contributed by atoms with E-state index in [1.54, 1.807) is 0 Å². The third-order valence-electron chi connectivity index (χ3n) is 5.80. The molecule has 3 fully saturated rings. The van der Waals surface area contributed by atoms with Crippen molar-refractivity contribution in [1.29, 1.82) is 0 Å². The van der Waals surface area contributed by atoms with Crippen molar-refractivity contribution in [3.05, 3.63) is 24.3 Å². The minimum absolute atomic E-state index is 0.394. The molecule has 20 heavy (non-hydrogen) atoms. The van der Waals surface area contributed by atoms with Gasteiger partial charge in [0.15, 0.2) is 0 Å². The van der Waals surface area contributed by atoms with Crippen LogP contribution in [0.5, 0.6) is 0 Å². The maximum atomic E-state index is 4.48. The predicted molar refractivity (Wildman–Crippen MR) is 82.1 cm³/mol. The number of nitrogens with one attached hydrogen (secondary N) is 2. The molecule has 0 aromatic rings. The van der Waals surface area contributed by atoms with Crippen LogP contribution in [0.1, 0.15) is 32.1 Å². The SMILES string of the molecule is C=C1C2C=CCCCC2CN2CC3CCCNC3NC12. The average molecular weight is 273 g/mol. The van der Waals surface area contributed by atoms with E-state index in [1.807, 2.05) is 0 Å². The molecule has 2 N–H and O–H groups in total. The van der Waals surface area contributed by atoms with Gasteiger partial charge < -0.3 is 5.32 Å². The highest BCUT2D eigenvalue weighted by molar-refractivity contribution is 5.23. The lowest BCUT2D eigenvalue weighted by Gasteiger charge is -2.53. The van der Waals surface area contributed by atoms with Crippen molar-refractivity contribution in [1.82, 2.24) is 15.5 Å². The first-order valence-corrected chi connectivity index (χ1v) is 8.42. The fourth-order valence-electron chi connectivity index (χ4n) is 4.74. The zero-order chi connectivity index (χ0) is 13.5. The highest BCUT2D eigenvalue weighted by Crippen LogP contribution is 2.39. The van der Waals surface area contributed by atoms with Gasteiger partial charge in [0.1, 0.15) is 0 Å². The third-order valence-corrected chi connectivity index (χ3v) is 5.80. The smallest absolute Gasteiger partial charge is 0.0835 e. The number of hydrogen-bond acceptors (Lipinski definition) is 3. The molecule has 5 unspecified atom stereocenters. The van der Waals surface area contributed by atoms with Gasteiger partial charge in [-0.25, -0.2) is 0 Å². The fourth-order valence-corrected chi connectivity index (χ4v) is 4.74. The molecule has 3 saturated heterocycles. The van der Waals surface area contributed by atoms with Gasteiger partial charge in [0, 0.05) is 24.9 Å². The number of piperidine rings is 2. The van der Waals surface area contributed by atoms with Crippen LogP contribution in [0.3, 0.4) is 0 Å². The topological polar surface area (TPSA) is 27.3 Å². The van der Waals surface area contributed by atoms with Gasteiger partial charge in [-0.15, -0.1) is 0 Å². The Kier molecular flexibility index (Phi) is 3.45. The minimum Gasteiger partial charge on any atom is -0.302 e. The Morgan fingerprint density at radius 2 is 2.00 bits per heavy atom. The van der Waals surface area contributed by atoms with Crippen molar-refractivity contribution in [2.75, 3.05) is 19.6 Å². The van der Waals surface area contributed by atoms with Crippen LogP contribution in [-0.2, 0) is 0 Å². The molecule has 3 nitrogen and oxygen atoms in total. The Bertz CT molecular complexity index is 416. The Morgan fingerprint density at radius 3 is 2.95 bits per heavy atom. The first-order valence-electron chi connectivity index (χ1n) is 8.42. The molecule has 0 spiro atoms. The van der Waals surface area contributed by atoms with Crippen molar-refractivity contribution in [3.63, 3.8) is 0 Å². The molecule has 5 atom stereocenters. The molecule has 4 aliphatic rings. The van der Waals surface area contributed by atoms with Crippen LogP contribution in [0.4, 0.5) is 0 Å². The second kappa shape index (κ2) is 5.28. The lowest BCUT2D eigenvalue weighted by molar-refractivity contribution is 0.0101. The summed E-state index contributed by atoms with van der Waals surface area (Å²) in [6.45, 7) is 8.16. The number of rotatable bonds is 0. The fraction of sp³-hybridized carbons (Fsp3) is 0.765. The second-order valence-electron chi connectivity index (χ2n) is 7.08. The van der Waals surface area contributed by atoms with E-state index in [0.29, 0.717) is 18.2 Å². The van der Waals surface area contributed by atoms with Gasteiger partial charge in [-0.1, -0.05) is 18.7 Å². The Labute approximate surface area is 122 Å². The summed E-state index contributed by atoms with van der Waals surface area (Å²) in [5, 5.41) is 7.50. The molecule has 0 radical (unpaired) electrons. The van der Waals surface area contributed by atoms with Gasteiger partial charge >= 0.3 is 0 Å². The standard InChI is InChI=1S/C17H27N3/c1-12-15-8-4-2-3-6-13(15)10-20-11-14-7-5-9-18-16(14)19-17(12)20/h4,8,13-19H,1-3,5-7,9-11H2. The molecule has 3 heterocycles. The van der Waals surface area contributed by atoms with Crippen molar-refractivity contribution in [2.45, 2.75) is 44.4 Å². The van der Waals surface area contributed by atoms with E-state index >= 15 is 0 Å². The highest BCUT2D eigenvalue weighted by Gasteiger charge is 2.43. The maximum Gasteiger partial charge on any atom is 0.0835 e. The highest BCUT2D eigenvalue weighted by atomic mass is 15.4. The molecule has 3 heteroatoms. The molecule has 0 saturated carbocycles. The largest absolute Gasteiger partial charge is 0.302 e. The summed E-state index contributed by atoms with van der Waals surface area (Å²) in [7, 11) is 0. The Hall–Kier alpha value is -0.640. The summed E-state index contributed by atoms with van der Waals surface area (Å²) in [6, 6.07) is 0. The van der Waals surface area contributed by atoms with Crippen LogP contribution in [0.25, 0.3) is 0 Å². The summed E-state index contributed by atoms with van der Waals surface area (Å²) in [5.41, 5.74) is 1.41. The van der Waals surface area contributed by atoms with Gasteiger partial charge in [-0.05, 0) is 50.1 Å². The third kappa shape index (κ3) is 2.16. The number of allylic oxidation sites excluding steroid dienone is 2. The molecule has 0 aromatic heterocycles. The normalized spacial score (nSPS) is 45.2. The number of fused-ring (bicyclic) bond motifs is 3. The summed E-state index contributed by atoms with van der Waals surface area (Å²) >= 11 is 0. The quantitative estimate of drug-likeness (QED) is 0.662. The van der Waals surface area contributed by atoms with Gasteiger partial charge in [-0.2, -0.15) is 0 Å². The summed E-state index contributed by atoms with van der Waals surface area (Å²) in [4.78, 5) is 2.68. The van der Waals surface area contributed by atoms with E-state index in [4.69, 9.17) is 0 Å². The molecule has 4 rings (SSSR count). The van der Waals surface area contributed by atoms with Crippen LogP contribution in [0.2, 0.25) is 0 Å². The van der Waals surface area contributed by atoms with Gasteiger partial charge in [0.2, 0.25) is 0 Å². The number of hydrogen-bond donors (Lipinski definition) is 2. The van der Waals surface area contributed by atoms with Crippen molar-refractivity contribution in [2.24, 2.45) is 17.8 Å². The first-order chi connectivity index (χ1) is 9.83. The van der Waals surface area contributed by atoms with Crippen molar-refractivity contribution >= 4 is 0 Å². The molecule has 0 amide bonds.